The maximum atomic E-state index is 14.2. The van der Waals surface area contributed by atoms with Gasteiger partial charge in [-0.05, 0) is 43.0 Å². The van der Waals surface area contributed by atoms with Gasteiger partial charge in [0, 0.05) is 36.8 Å². The minimum Gasteiger partial charge on any atom is -0.467 e. The number of aromatic amines is 1. The predicted molar refractivity (Wildman–Crippen MR) is 141 cm³/mol. The summed E-state index contributed by atoms with van der Waals surface area (Å²) in [7, 11) is 1.08. The number of carbonyl (C=O) groups is 4. The lowest BCUT2D eigenvalue weighted by Crippen LogP contribution is -2.52. The Morgan fingerprint density at radius 1 is 1.17 bits per heavy atom. The number of hydrogen-bond donors (Lipinski definition) is 1. The van der Waals surface area contributed by atoms with Crippen LogP contribution in [0.15, 0.2) is 36.7 Å². The molecule has 3 aliphatic rings. The first-order valence-electron chi connectivity index (χ1n) is 13.3. The number of nitrogens with zero attached hydrogens (tertiary/aromatic N) is 5. The number of piperidine rings is 1. The number of halogens is 2. The molecule has 1 atom stereocenters. The van der Waals surface area contributed by atoms with Crippen LogP contribution in [-0.2, 0) is 24.5 Å². The molecule has 3 amide bonds. The van der Waals surface area contributed by atoms with E-state index in [0.717, 1.165) is 23.1 Å². The Balaban J connectivity index is 1.24. The van der Waals surface area contributed by atoms with E-state index in [1.165, 1.54) is 11.1 Å². The molecule has 2 fully saturated rings. The zero-order chi connectivity index (χ0) is 29.1. The van der Waals surface area contributed by atoms with Crippen LogP contribution in [0.5, 0.6) is 0 Å². The molecule has 1 aromatic carbocycles. The van der Waals surface area contributed by atoms with Gasteiger partial charge in [0.2, 0.25) is 11.8 Å². The van der Waals surface area contributed by atoms with E-state index in [1.54, 1.807) is 29.3 Å². The molecule has 1 spiro atoms. The van der Waals surface area contributed by atoms with Gasteiger partial charge in [0.15, 0.2) is 5.65 Å². The third-order valence-corrected chi connectivity index (χ3v) is 8.47. The summed E-state index contributed by atoms with van der Waals surface area (Å²) in [6, 6.07) is 5.70. The molecule has 0 saturated carbocycles. The number of fused-ring (bicyclic) bond motifs is 3. The molecule has 3 aromatic rings. The number of rotatable bonds is 4. The predicted octanol–water partition coefficient (Wildman–Crippen LogP) is 2.20. The number of H-pyrrole nitrogens is 1. The summed E-state index contributed by atoms with van der Waals surface area (Å²) >= 11 is 0. The normalized spacial score (nSPS) is 21.0. The first-order chi connectivity index (χ1) is 19.5. The summed E-state index contributed by atoms with van der Waals surface area (Å²) in [5.74, 6) is -5.44. The number of aryl methyl sites for hydroxylation is 1. The van der Waals surface area contributed by atoms with Gasteiger partial charge >= 0.3 is 5.97 Å². The second-order valence-corrected chi connectivity index (χ2v) is 10.9. The van der Waals surface area contributed by atoms with E-state index < -0.39 is 48.8 Å². The monoisotopic (exact) mass is 566 g/mol. The molecule has 1 unspecified atom stereocenters. The molecule has 5 heterocycles. The molecule has 3 aliphatic heterocycles. The van der Waals surface area contributed by atoms with Gasteiger partial charge in [0.05, 0.1) is 30.8 Å². The van der Waals surface area contributed by atoms with Gasteiger partial charge in [-0.3, -0.25) is 19.5 Å². The molecule has 2 saturated heterocycles. The largest absolute Gasteiger partial charge is 0.467 e. The zero-order valence-corrected chi connectivity index (χ0v) is 22.5. The van der Waals surface area contributed by atoms with E-state index >= 15 is 0 Å². The Hall–Kier alpha value is -4.42. The molecular weight excluding hydrogens is 538 g/mol. The van der Waals surface area contributed by atoms with Crippen molar-refractivity contribution in [3.05, 3.63) is 53.3 Å². The number of likely N-dealkylation sites (tertiary alicyclic amines) is 2. The smallest absolute Gasteiger partial charge is 0.328 e. The Morgan fingerprint density at radius 3 is 2.66 bits per heavy atom. The van der Waals surface area contributed by atoms with Crippen LogP contribution in [-0.4, -0.2) is 93.9 Å². The van der Waals surface area contributed by atoms with Gasteiger partial charge < -0.3 is 19.4 Å². The van der Waals surface area contributed by atoms with E-state index in [2.05, 4.69) is 19.9 Å². The summed E-state index contributed by atoms with van der Waals surface area (Å²) in [6.45, 7) is 1.07. The van der Waals surface area contributed by atoms with Crippen LogP contribution in [0.2, 0.25) is 0 Å². The molecule has 11 nitrogen and oxygen atoms in total. The van der Waals surface area contributed by atoms with E-state index in [9.17, 15) is 28.0 Å². The van der Waals surface area contributed by atoms with Crippen LogP contribution >= 0.6 is 0 Å². The van der Waals surface area contributed by atoms with Crippen molar-refractivity contribution in [3.8, 4) is 0 Å². The maximum absolute atomic E-state index is 14.2. The Bertz CT molecular complexity index is 1580. The number of amides is 3. The summed E-state index contributed by atoms with van der Waals surface area (Å²) in [4.78, 5) is 61.0. The van der Waals surface area contributed by atoms with E-state index in [1.807, 2.05) is 13.0 Å². The Labute approximate surface area is 233 Å². The van der Waals surface area contributed by atoms with Crippen molar-refractivity contribution in [2.75, 3.05) is 38.2 Å². The van der Waals surface area contributed by atoms with Crippen LogP contribution in [0, 0.1) is 6.92 Å². The van der Waals surface area contributed by atoms with Gasteiger partial charge in [-0.2, -0.15) is 5.10 Å². The van der Waals surface area contributed by atoms with Crippen LogP contribution in [0.3, 0.4) is 0 Å². The molecule has 2 aromatic heterocycles. The van der Waals surface area contributed by atoms with Gasteiger partial charge in [-0.25, -0.2) is 18.6 Å². The van der Waals surface area contributed by atoms with Gasteiger partial charge in [-0.15, -0.1) is 0 Å². The number of carbonyl (C=O) groups excluding carboxylic acids is 4. The Morgan fingerprint density at radius 2 is 1.93 bits per heavy atom. The van der Waals surface area contributed by atoms with Gasteiger partial charge in [0.1, 0.15) is 12.6 Å². The number of hydrogen-bond acceptors (Lipinski definition) is 7. The van der Waals surface area contributed by atoms with Crippen molar-refractivity contribution in [2.45, 2.75) is 43.6 Å². The molecule has 0 aliphatic carbocycles. The highest BCUT2D eigenvalue weighted by atomic mass is 19.3. The fraction of sp³-hybridized carbons (Fsp3) is 0.429. The van der Waals surface area contributed by atoms with Crippen molar-refractivity contribution in [2.24, 2.45) is 0 Å². The molecule has 1 N–H and O–H groups in total. The fourth-order valence-corrected chi connectivity index (χ4v) is 6.47. The van der Waals surface area contributed by atoms with E-state index in [0.29, 0.717) is 48.2 Å². The third kappa shape index (κ3) is 4.30. The van der Waals surface area contributed by atoms with Crippen LogP contribution in [0.25, 0.3) is 11.0 Å². The van der Waals surface area contributed by atoms with Crippen molar-refractivity contribution < 1.29 is 32.7 Å². The van der Waals surface area contributed by atoms with Crippen molar-refractivity contribution >= 4 is 40.4 Å². The third-order valence-electron chi connectivity index (χ3n) is 8.47. The lowest BCUT2D eigenvalue weighted by molar-refractivity contribution is -0.150. The van der Waals surface area contributed by atoms with Crippen molar-refractivity contribution in [1.29, 1.82) is 0 Å². The lowest BCUT2D eigenvalue weighted by Gasteiger charge is -2.39. The van der Waals surface area contributed by atoms with E-state index in [4.69, 9.17) is 0 Å². The minimum atomic E-state index is -3.24. The second-order valence-electron chi connectivity index (χ2n) is 10.9. The second kappa shape index (κ2) is 9.60. The summed E-state index contributed by atoms with van der Waals surface area (Å²) in [5, 5.41) is 7.40. The average Bonchev–Trinajstić information content (AvgIpc) is 3.63. The number of nitrogens with one attached hydrogen (secondary N) is 1. The number of esters is 1. The number of ether oxygens (including phenoxy) is 1. The standard InChI is InChI=1S/C28H28F2N6O5/c1-16-4-3-5-19-22(16)27(6-8-34(9-7-27)24(38)18-10-17-13-32-33-23(17)31-12-18)26(40)35(19)14-21(37)36-15-28(29,30)11-20(36)25(39)41-2/h3-5,10,12-13,20H,6-9,11,14-15H2,1-2H3,(H,31,32,33). The Kier molecular flexibility index (Phi) is 6.27. The topological polar surface area (TPSA) is 129 Å². The maximum Gasteiger partial charge on any atom is 0.328 e. The molecule has 214 valence electrons. The average molecular weight is 567 g/mol. The molecule has 0 radical (unpaired) electrons. The highest BCUT2D eigenvalue weighted by molar-refractivity contribution is 6.11. The number of aromatic nitrogens is 3. The lowest BCUT2D eigenvalue weighted by atomic mass is 9.72. The number of alkyl halides is 2. The quantitative estimate of drug-likeness (QED) is 0.480. The highest BCUT2D eigenvalue weighted by Crippen LogP contribution is 2.49. The van der Waals surface area contributed by atoms with Crippen molar-refractivity contribution in [1.82, 2.24) is 25.0 Å². The van der Waals surface area contributed by atoms with Gasteiger partial charge in [0.25, 0.3) is 11.8 Å². The SMILES string of the molecule is COC(=O)C1CC(F)(F)CN1C(=O)CN1C(=O)C2(CCN(C(=O)c3cnc4[nH]ncc4c3)CC2)c2c(C)cccc21. The highest BCUT2D eigenvalue weighted by Gasteiger charge is 2.55. The molecule has 41 heavy (non-hydrogen) atoms. The van der Waals surface area contributed by atoms with Crippen molar-refractivity contribution in [3.63, 3.8) is 0 Å². The number of methoxy groups -OCH3 is 1. The number of anilines is 1. The molecule has 13 heteroatoms. The van der Waals surface area contributed by atoms with E-state index in [-0.39, 0.29) is 11.8 Å². The summed E-state index contributed by atoms with van der Waals surface area (Å²) < 4.78 is 33.1. The first kappa shape index (κ1) is 26.8. The van der Waals surface area contributed by atoms with Crippen LogP contribution < -0.4 is 4.90 Å². The number of pyridine rings is 1. The summed E-state index contributed by atoms with van der Waals surface area (Å²) in [6.07, 6.45) is 2.91. The zero-order valence-electron chi connectivity index (χ0n) is 22.5. The van der Waals surface area contributed by atoms with Crippen LogP contribution in [0.4, 0.5) is 14.5 Å². The fourth-order valence-electron chi connectivity index (χ4n) is 6.47. The number of benzene rings is 1. The molecule has 6 rings (SSSR count). The van der Waals surface area contributed by atoms with Crippen LogP contribution in [0.1, 0.15) is 40.7 Å². The summed E-state index contributed by atoms with van der Waals surface area (Å²) in [5.41, 5.74) is 2.20. The first-order valence-corrected chi connectivity index (χ1v) is 13.3. The molecule has 0 bridgehead atoms. The van der Waals surface area contributed by atoms with Gasteiger partial charge in [-0.1, -0.05) is 12.1 Å². The molecular formula is C28H28F2N6O5. The minimum absolute atomic E-state index is 0.207.